The fourth-order valence-electron chi connectivity index (χ4n) is 2.60. The van der Waals surface area contributed by atoms with Crippen molar-refractivity contribution >= 4 is 11.7 Å². The van der Waals surface area contributed by atoms with Gasteiger partial charge in [-0.2, -0.15) is 0 Å². The van der Waals surface area contributed by atoms with Crippen LogP contribution in [0.1, 0.15) is 38.7 Å². The van der Waals surface area contributed by atoms with E-state index in [1.165, 1.54) is 24.8 Å². The van der Waals surface area contributed by atoms with Crippen LogP contribution in [0.4, 0.5) is 10.5 Å². The molecule has 1 aliphatic rings. The highest BCUT2D eigenvalue weighted by molar-refractivity contribution is 5.89. The monoisotopic (exact) mass is 301 g/mol. The van der Waals surface area contributed by atoms with E-state index < -0.39 is 0 Å². The van der Waals surface area contributed by atoms with Crippen LogP contribution in [0.15, 0.2) is 36.4 Å². The van der Waals surface area contributed by atoms with E-state index in [4.69, 9.17) is 0 Å². The molecule has 0 heterocycles. The van der Waals surface area contributed by atoms with Gasteiger partial charge in [-0.25, -0.2) is 4.79 Å². The van der Waals surface area contributed by atoms with Crippen molar-refractivity contribution in [2.45, 2.75) is 45.7 Å². The first kappa shape index (κ1) is 16.6. The second-order valence-electron chi connectivity index (χ2n) is 6.23. The summed E-state index contributed by atoms with van der Waals surface area (Å²) in [5.74, 6) is 0.769. The predicted octanol–water partition coefficient (Wildman–Crippen LogP) is 3.66. The molecule has 3 N–H and O–H groups in total. The maximum absolute atomic E-state index is 11.6. The van der Waals surface area contributed by atoms with Crippen LogP contribution in [-0.2, 0) is 6.54 Å². The zero-order valence-corrected chi connectivity index (χ0v) is 13.6. The van der Waals surface area contributed by atoms with Crippen molar-refractivity contribution < 1.29 is 4.79 Å². The summed E-state index contributed by atoms with van der Waals surface area (Å²) in [6.45, 7) is 5.83. The summed E-state index contributed by atoms with van der Waals surface area (Å²) in [5, 5.41) is 9.16. The lowest BCUT2D eigenvalue weighted by atomic mass is 9.94. The first-order valence-electron chi connectivity index (χ1n) is 8.15. The normalized spacial score (nSPS) is 17.5. The maximum Gasteiger partial charge on any atom is 0.319 e. The van der Waals surface area contributed by atoms with Crippen molar-refractivity contribution in [2.75, 3.05) is 11.9 Å². The molecule has 22 heavy (non-hydrogen) atoms. The first-order valence-corrected chi connectivity index (χ1v) is 8.15. The van der Waals surface area contributed by atoms with Crippen molar-refractivity contribution in [3.63, 3.8) is 0 Å². The highest BCUT2D eigenvalue weighted by Gasteiger charge is 2.09. The van der Waals surface area contributed by atoms with Gasteiger partial charge in [-0.1, -0.05) is 24.3 Å². The fourth-order valence-corrected chi connectivity index (χ4v) is 2.60. The Bertz CT molecular complexity index is 494. The van der Waals surface area contributed by atoms with Crippen molar-refractivity contribution in [2.24, 2.45) is 5.92 Å². The van der Waals surface area contributed by atoms with Gasteiger partial charge in [0, 0.05) is 18.3 Å². The van der Waals surface area contributed by atoms with Crippen LogP contribution >= 0.6 is 0 Å². The Morgan fingerprint density at radius 2 is 2.00 bits per heavy atom. The van der Waals surface area contributed by atoms with E-state index in [1.807, 2.05) is 26.0 Å². The zero-order chi connectivity index (χ0) is 15.8. The molecule has 0 aromatic heterocycles. The fraction of sp³-hybridized carbons (Fsp3) is 0.500. The van der Waals surface area contributed by atoms with Gasteiger partial charge in [0.05, 0.1) is 0 Å². The molecule has 1 aromatic carbocycles. The van der Waals surface area contributed by atoms with Crippen molar-refractivity contribution in [3.8, 4) is 0 Å². The number of benzene rings is 1. The number of hydrogen-bond acceptors (Lipinski definition) is 2. The molecular weight excluding hydrogens is 274 g/mol. The number of rotatable bonds is 6. The molecule has 0 aliphatic heterocycles. The lowest BCUT2D eigenvalue weighted by Crippen LogP contribution is -2.34. The van der Waals surface area contributed by atoms with Crippen LogP contribution < -0.4 is 16.0 Å². The van der Waals surface area contributed by atoms with Crippen molar-refractivity contribution in [1.82, 2.24) is 10.6 Å². The lowest BCUT2D eigenvalue weighted by molar-refractivity contribution is 0.250. The molecule has 1 unspecified atom stereocenters. The highest BCUT2D eigenvalue weighted by Crippen LogP contribution is 2.17. The molecule has 1 aliphatic carbocycles. The molecule has 1 atom stereocenters. The summed E-state index contributed by atoms with van der Waals surface area (Å²) in [7, 11) is 0. The SMILES string of the molecule is CC(C)NC(=O)Nc1ccc(CNCC2CC=CCC2)cc1. The topological polar surface area (TPSA) is 53.2 Å². The van der Waals surface area contributed by atoms with E-state index in [-0.39, 0.29) is 12.1 Å². The number of urea groups is 1. The van der Waals surface area contributed by atoms with Gasteiger partial charge in [0.25, 0.3) is 0 Å². The molecule has 1 aromatic rings. The first-order chi connectivity index (χ1) is 10.6. The number of allylic oxidation sites excluding steroid dienone is 2. The third-order valence-electron chi connectivity index (χ3n) is 3.77. The lowest BCUT2D eigenvalue weighted by Gasteiger charge is -2.18. The number of anilines is 1. The van der Waals surface area contributed by atoms with Crippen LogP contribution in [0.5, 0.6) is 0 Å². The van der Waals surface area contributed by atoms with Gasteiger partial charge in [0.15, 0.2) is 0 Å². The van der Waals surface area contributed by atoms with E-state index in [0.717, 1.165) is 24.7 Å². The third kappa shape index (κ3) is 5.90. The molecule has 0 spiro atoms. The van der Waals surface area contributed by atoms with Gasteiger partial charge in [-0.3, -0.25) is 0 Å². The summed E-state index contributed by atoms with van der Waals surface area (Å²) in [4.78, 5) is 11.6. The quantitative estimate of drug-likeness (QED) is 0.702. The maximum atomic E-state index is 11.6. The molecule has 0 bridgehead atoms. The minimum atomic E-state index is -0.161. The van der Waals surface area contributed by atoms with E-state index in [9.17, 15) is 4.79 Å². The summed E-state index contributed by atoms with van der Waals surface area (Å²) in [6, 6.07) is 7.97. The molecule has 0 saturated carbocycles. The van der Waals surface area contributed by atoms with Crippen LogP contribution in [0, 0.1) is 5.92 Å². The number of nitrogens with one attached hydrogen (secondary N) is 3. The highest BCUT2D eigenvalue weighted by atomic mass is 16.2. The van der Waals surface area contributed by atoms with E-state index >= 15 is 0 Å². The van der Waals surface area contributed by atoms with Crippen LogP contribution in [0.3, 0.4) is 0 Å². The van der Waals surface area contributed by atoms with Crippen LogP contribution in [-0.4, -0.2) is 18.6 Å². The Labute approximate surface area is 133 Å². The molecule has 0 saturated heterocycles. The summed E-state index contributed by atoms with van der Waals surface area (Å²) in [6.07, 6.45) is 8.26. The smallest absolute Gasteiger partial charge is 0.319 e. The third-order valence-corrected chi connectivity index (χ3v) is 3.77. The van der Waals surface area contributed by atoms with Gasteiger partial charge < -0.3 is 16.0 Å². The number of amides is 2. The Balaban J connectivity index is 1.72. The largest absolute Gasteiger partial charge is 0.336 e. The second-order valence-corrected chi connectivity index (χ2v) is 6.23. The summed E-state index contributed by atoms with van der Waals surface area (Å²) < 4.78 is 0. The van der Waals surface area contributed by atoms with Gasteiger partial charge in [0.1, 0.15) is 0 Å². The zero-order valence-electron chi connectivity index (χ0n) is 13.6. The average molecular weight is 301 g/mol. The standard InChI is InChI=1S/C18H27N3O/c1-14(2)20-18(22)21-17-10-8-16(9-11-17)13-19-12-15-6-4-3-5-7-15/h3-4,8-11,14-15,19H,5-7,12-13H2,1-2H3,(H2,20,21,22). The van der Waals surface area contributed by atoms with E-state index in [1.54, 1.807) is 0 Å². The molecule has 2 rings (SSSR count). The van der Waals surface area contributed by atoms with Crippen molar-refractivity contribution in [3.05, 3.63) is 42.0 Å². The molecular formula is C18H27N3O. The van der Waals surface area contributed by atoms with Gasteiger partial charge in [-0.15, -0.1) is 0 Å². The Morgan fingerprint density at radius 3 is 2.64 bits per heavy atom. The molecule has 4 heteroatoms. The Hall–Kier alpha value is -1.81. The molecule has 0 fully saturated rings. The van der Waals surface area contributed by atoms with Crippen LogP contribution in [0.25, 0.3) is 0 Å². The van der Waals surface area contributed by atoms with Gasteiger partial charge in [-0.05, 0) is 63.3 Å². The average Bonchev–Trinajstić information content (AvgIpc) is 2.49. The molecule has 4 nitrogen and oxygen atoms in total. The van der Waals surface area contributed by atoms with E-state index in [0.29, 0.717) is 0 Å². The number of carbonyl (C=O) groups excluding carboxylic acids is 1. The summed E-state index contributed by atoms with van der Waals surface area (Å²) >= 11 is 0. The van der Waals surface area contributed by atoms with E-state index in [2.05, 4.69) is 40.2 Å². The molecule has 0 radical (unpaired) electrons. The number of hydrogen-bond donors (Lipinski definition) is 3. The Kier molecular flexibility index (Phi) is 6.46. The minimum Gasteiger partial charge on any atom is -0.336 e. The van der Waals surface area contributed by atoms with Crippen LogP contribution in [0.2, 0.25) is 0 Å². The minimum absolute atomic E-state index is 0.137. The number of carbonyl (C=O) groups is 1. The summed E-state index contributed by atoms with van der Waals surface area (Å²) in [5.41, 5.74) is 2.06. The predicted molar refractivity (Wildman–Crippen MR) is 91.9 cm³/mol. The van der Waals surface area contributed by atoms with Crippen molar-refractivity contribution in [1.29, 1.82) is 0 Å². The molecule has 2 amide bonds. The van der Waals surface area contributed by atoms with Gasteiger partial charge in [0.2, 0.25) is 0 Å². The Morgan fingerprint density at radius 1 is 1.23 bits per heavy atom. The molecule has 120 valence electrons. The van der Waals surface area contributed by atoms with Gasteiger partial charge >= 0.3 is 6.03 Å². The second kappa shape index (κ2) is 8.59.